The highest BCUT2D eigenvalue weighted by atomic mass is 16.5. The standard InChI is InChI=1S/C22H22N4O3/c1-3-29-20-9-7-17(8-10-20)25-21-13-16(11-12-23-21)22(28)26-19-6-4-5-18(14-19)24-15(2)27/h4-14H,3H2,1-2H3,(H,23,25)(H,24,27)(H,26,28). The van der Waals surface area contributed by atoms with E-state index in [1.54, 1.807) is 42.6 Å². The van der Waals surface area contributed by atoms with Gasteiger partial charge in [0, 0.05) is 35.7 Å². The summed E-state index contributed by atoms with van der Waals surface area (Å²) < 4.78 is 5.43. The van der Waals surface area contributed by atoms with Gasteiger partial charge in [-0.3, -0.25) is 9.59 Å². The second-order valence-electron chi connectivity index (χ2n) is 6.23. The van der Waals surface area contributed by atoms with Gasteiger partial charge >= 0.3 is 0 Å². The van der Waals surface area contributed by atoms with Crippen LogP contribution in [0.5, 0.6) is 5.75 Å². The van der Waals surface area contributed by atoms with Gasteiger partial charge in [0.1, 0.15) is 11.6 Å². The van der Waals surface area contributed by atoms with Crippen molar-refractivity contribution in [3.05, 3.63) is 72.4 Å². The van der Waals surface area contributed by atoms with E-state index in [0.29, 0.717) is 29.4 Å². The van der Waals surface area contributed by atoms with Crippen LogP contribution in [0.4, 0.5) is 22.9 Å². The van der Waals surface area contributed by atoms with Crippen molar-refractivity contribution in [3.63, 3.8) is 0 Å². The highest BCUT2D eigenvalue weighted by molar-refractivity contribution is 6.05. The smallest absolute Gasteiger partial charge is 0.255 e. The van der Waals surface area contributed by atoms with E-state index in [2.05, 4.69) is 20.9 Å². The van der Waals surface area contributed by atoms with Crippen molar-refractivity contribution < 1.29 is 14.3 Å². The molecule has 0 aliphatic carbocycles. The molecule has 1 heterocycles. The lowest BCUT2D eigenvalue weighted by Crippen LogP contribution is -2.13. The number of carbonyl (C=O) groups is 2. The number of nitrogens with zero attached hydrogens (tertiary/aromatic N) is 1. The molecular formula is C22H22N4O3. The average Bonchev–Trinajstić information content (AvgIpc) is 2.70. The first-order valence-electron chi connectivity index (χ1n) is 9.18. The normalized spacial score (nSPS) is 10.1. The van der Waals surface area contributed by atoms with Crippen molar-refractivity contribution in [3.8, 4) is 5.75 Å². The monoisotopic (exact) mass is 390 g/mol. The zero-order chi connectivity index (χ0) is 20.6. The van der Waals surface area contributed by atoms with E-state index in [1.807, 2.05) is 31.2 Å². The van der Waals surface area contributed by atoms with Gasteiger partial charge < -0.3 is 20.7 Å². The molecule has 0 aliphatic heterocycles. The molecule has 1 aromatic heterocycles. The van der Waals surface area contributed by atoms with Crippen molar-refractivity contribution in [1.82, 2.24) is 4.98 Å². The number of ether oxygens (including phenoxy) is 1. The molecule has 0 saturated carbocycles. The van der Waals surface area contributed by atoms with E-state index in [9.17, 15) is 9.59 Å². The Morgan fingerprint density at radius 1 is 0.931 bits per heavy atom. The summed E-state index contributed by atoms with van der Waals surface area (Å²) in [5.74, 6) is 0.893. The lowest BCUT2D eigenvalue weighted by molar-refractivity contribution is -0.114. The lowest BCUT2D eigenvalue weighted by Gasteiger charge is -2.10. The summed E-state index contributed by atoms with van der Waals surface area (Å²) in [6, 6.07) is 17.8. The summed E-state index contributed by atoms with van der Waals surface area (Å²) in [6.07, 6.45) is 1.57. The second-order valence-corrected chi connectivity index (χ2v) is 6.23. The summed E-state index contributed by atoms with van der Waals surface area (Å²) in [4.78, 5) is 28.0. The van der Waals surface area contributed by atoms with E-state index >= 15 is 0 Å². The third kappa shape index (κ3) is 5.80. The first-order valence-corrected chi connectivity index (χ1v) is 9.18. The third-order valence-electron chi connectivity index (χ3n) is 3.90. The number of aromatic nitrogens is 1. The molecule has 0 spiro atoms. The Labute approximate surface area is 169 Å². The highest BCUT2D eigenvalue weighted by Gasteiger charge is 2.09. The van der Waals surface area contributed by atoms with Crippen molar-refractivity contribution >= 4 is 34.7 Å². The maximum Gasteiger partial charge on any atom is 0.255 e. The predicted octanol–water partition coefficient (Wildman–Crippen LogP) is 4.43. The fourth-order valence-corrected chi connectivity index (χ4v) is 2.67. The van der Waals surface area contributed by atoms with Crippen LogP contribution in [0, 0.1) is 0 Å². The Hall–Kier alpha value is -3.87. The molecule has 7 nitrogen and oxygen atoms in total. The lowest BCUT2D eigenvalue weighted by atomic mass is 10.2. The van der Waals surface area contributed by atoms with E-state index in [4.69, 9.17) is 4.74 Å². The fraction of sp³-hybridized carbons (Fsp3) is 0.136. The zero-order valence-corrected chi connectivity index (χ0v) is 16.2. The van der Waals surface area contributed by atoms with Crippen molar-refractivity contribution in [2.24, 2.45) is 0 Å². The number of anilines is 4. The van der Waals surface area contributed by atoms with Crippen LogP contribution in [-0.2, 0) is 4.79 Å². The molecule has 0 atom stereocenters. The van der Waals surface area contributed by atoms with Crippen LogP contribution in [0.25, 0.3) is 0 Å². The molecule has 0 radical (unpaired) electrons. The van der Waals surface area contributed by atoms with Gasteiger partial charge in [-0.25, -0.2) is 4.98 Å². The average molecular weight is 390 g/mol. The van der Waals surface area contributed by atoms with Crippen molar-refractivity contribution in [1.29, 1.82) is 0 Å². The van der Waals surface area contributed by atoms with Gasteiger partial charge in [-0.05, 0) is 61.5 Å². The Morgan fingerprint density at radius 2 is 1.66 bits per heavy atom. The molecule has 0 bridgehead atoms. The number of nitrogens with one attached hydrogen (secondary N) is 3. The zero-order valence-electron chi connectivity index (χ0n) is 16.2. The minimum atomic E-state index is -0.276. The molecule has 0 aliphatic rings. The summed E-state index contributed by atoms with van der Waals surface area (Å²) in [6.45, 7) is 3.98. The first-order chi connectivity index (χ1) is 14.0. The third-order valence-corrected chi connectivity index (χ3v) is 3.90. The molecule has 7 heteroatoms. The molecule has 3 N–H and O–H groups in total. The minimum absolute atomic E-state index is 0.174. The number of rotatable bonds is 7. The number of hydrogen-bond acceptors (Lipinski definition) is 5. The van der Waals surface area contributed by atoms with Crippen LogP contribution in [0.1, 0.15) is 24.2 Å². The van der Waals surface area contributed by atoms with Crippen LogP contribution < -0.4 is 20.7 Å². The molecule has 29 heavy (non-hydrogen) atoms. The number of benzene rings is 2. The van der Waals surface area contributed by atoms with Gasteiger partial charge in [0.05, 0.1) is 6.61 Å². The van der Waals surface area contributed by atoms with Crippen LogP contribution in [0.15, 0.2) is 66.9 Å². The molecule has 2 aromatic carbocycles. The van der Waals surface area contributed by atoms with Gasteiger partial charge in [-0.15, -0.1) is 0 Å². The van der Waals surface area contributed by atoms with Crippen LogP contribution in [0.3, 0.4) is 0 Å². The molecule has 3 aromatic rings. The maximum atomic E-state index is 12.6. The van der Waals surface area contributed by atoms with E-state index in [1.165, 1.54) is 6.92 Å². The van der Waals surface area contributed by atoms with Gasteiger partial charge in [-0.1, -0.05) is 6.07 Å². The molecular weight excluding hydrogens is 368 g/mol. The Morgan fingerprint density at radius 3 is 2.34 bits per heavy atom. The quantitative estimate of drug-likeness (QED) is 0.555. The minimum Gasteiger partial charge on any atom is -0.494 e. The molecule has 2 amide bonds. The summed E-state index contributed by atoms with van der Waals surface area (Å²) in [5, 5.41) is 8.68. The molecule has 3 rings (SSSR count). The predicted molar refractivity (Wildman–Crippen MR) is 114 cm³/mol. The maximum absolute atomic E-state index is 12.6. The van der Waals surface area contributed by atoms with Gasteiger partial charge in [-0.2, -0.15) is 0 Å². The first kappa shape index (κ1) is 19.9. The van der Waals surface area contributed by atoms with Gasteiger partial charge in [0.2, 0.25) is 5.91 Å². The molecule has 0 unspecified atom stereocenters. The van der Waals surface area contributed by atoms with Gasteiger partial charge in [0.25, 0.3) is 5.91 Å². The number of hydrogen-bond donors (Lipinski definition) is 3. The summed E-state index contributed by atoms with van der Waals surface area (Å²) in [5.41, 5.74) is 2.49. The van der Waals surface area contributed by atoms with Crippen molar-refractivity contribution in [2.45, 2.75) is 13.8 Å². The number of carbonyl (C=O) groups excluding carboxylic acids is 2. The summed E-state index contributed by atoms with van der Waals surface area (Å²) in [7, 11) is 0. The number of pyridine rings is 1. The second kappa shape index (κ2) is 9.36. The Kier molecular flexibility index (Phi) is 6.42. The molecule has 0 fully saturated rings. The molecule has 148 valence electrons. The van der Waals surface area contributed by atoms with E-state index in [-0.39, 0.29) is 11.8 Å². The highest BCUT2D eigenvalue weighted by Crippen LogP contribution is 2.20. The number of amides is 2. The Bertz CT molecular complexity index is 1000. The Balaban J connectivity index is 1.68. The summed E-state index contributed by atoms with van der Waals surface area (Å²) >= 11 is 0. The van der Waals surface area contributed by atoms with E-state index in [0.717, 1.165) is 11.4 Å². The topological polar surface area (TPSA) is 92.4 Å². The van der Waals surface area contributed by atoms with Crippen molar-refractivity contribution in [2.75, 3.05) is 22.6 Å². The SMILES string of the molecule is CCOc1ccc(Nc2cc(C(=O)Nc3cccc(NC(C)=O)c3)ccn2)cc1. The molecule has 0 saturated heterocycles. The van der Waals surface area contributed by atoms with Crippen LogP contribution in [0.2, 0.25) is 0 Å². The van der Waals surface area contributed by atoms with Crippen LogP contribution >= 0.6 is 0 Å². The van der Waals surface area contributed by atoms with Gasteiger partial charge in [0.15, 0.2) is 0 Å². The fourth-order valence-electron chi connectivity index (χ4n) is 2.67. The van der Waals surface area contributed by atoms with Crippen LogP contribution in [-0.4, -0.2) is 23.4 Å². The largest absolute Gasteiger partial charge is 0.494 e. The van der Waals surface area contributed by atoms with E-state index < -0.39 is 0 Å².